The number of Topliss-reactive ketones (excluding diaryl/α,β-unsaturated/α-hetero) is 1. The molecule has 1 aromatic rings. The van der Waals surface area contributed by atoms with Crippen LogP contribution in [0.25, 0.3) is 0 Å². The van der Waals surface area contributed by atoms with Crippen molar-refractivity contribution in [2.24, 2.45) is 5.92 Å². The number of hydrogen-bond donors (Lipinski definition) is 0. The molecule has 0 amide bonds. The number of carbonyl (C=O) groups excluding carboxylic acids is 1. The molecule has 0 N–H and O–H groups in total. The van der Waals surface area contributed by atoms with Crippen molar-refractivity contribution in [3.8, 4) is 0 Å². The van der Waals surface area contributed by atoms with Gasteiger partial charge >= 0.3 is 0 Å². The topological polar surface area (TPSA) is 57.0 Å². The zero-order valence-electron chi connectivity index (χ0n) is 11.3. The lowest BCUT2D eigenvalue weighted by atomic mass is 9.75. The second-order valence-corrected chi connectivity index (χ2v) is 5.16. The summed E-state index contributed by atoms with van der Waals surface area (Å²) >= 11 is 0. The van der Waals surface area contributed by atoms with E-state index in [-0.39, 0.29) is 5.78 Å². The van der Waals surface area contributed by atoms with Gasteiger partial charge in [-0.2, -0.15) is 0 Å². The number of nitrogens with zero attached hydrogens (tertiary/aromatic N) is 3. The first-order chi connectivity index (χ1) is 8.63. The van der Waals surface area contributed by atoms with E-state index in [1.165, 1.54) is 6.42 Å². The molecule has 0 aromatic carbocycles. The van der Waals surface area contributed by atoms with Crippen LogP contribution in [0.15, 0.2) is 6.20 Å². The third-order valence-electron chi connectivity index (χ3n) is 3.91. The van der Waals surface area contributed by atoms with E-state index in [4.69, 9.17) is 4.74 Å². The van der Waals surface area contributed by atoms with Gasteiger partial charge in [0.25, 0.3) is 0 Å². The van der Waals surface area contributed by atoms with Crippen LogP contribution in [0.1, 0.15) is 50.0 Å². The number of hydrogen-bond acceptors (Lipinski definition) is 4. The van der Waals surface area contributed by atoms with E-state index in [9.17, 15) is 4.79 Å². The van der Waals surface area contributed by atoms with Crippen LogP contribution >= 0.6 is 0 Å². The van der Waals surface area contributed by atoms with Crippen molar-refractivity contribution in [3.63, 3.8) is 0 Å². The fourth-order valence-corrected chi connectivity index (χ4v) is 2.89. The third-order valence-corrected chi connectivity index (χ3v) is 3.91. The molecule has 2 atom stereocenters. The average molecular weight is 251 g/mol. The van der Waals surface area contributed by atoms with Gasteiger partial charge in [-0.05, 0) is 32.1 Å². The molecule has 2 unspecified atom stereocenters. The summed E-state index contributed by atoms with van der Waals surface area (Å²) in [5, 5.41) is 7.76. The molecule has 1 fully saturated rings. The van der Waals surface area contributed by atoms with Gasteiger partial charge in [0.1, 0.15) is 11.3 Å². The Kier molecular flexibility index (Phi) is 3.80. The van der Waals surface area contributed by atoms with E-state index < -0.39 is 5.60 Å². The van der Waals surface area contributed by atoms with Crippen LogP contribution < -0.4 is 0 Å². The monoisotopic (exact) mass is 251 g/mol. The van der Waals surface area contributed by atoms with Gasteiger partial charge in [-0.25, -0.2) is 4.68 Å². The van der Waals surface area contributed by atoms with Gasteiger partial charge in [-0.1, -0.05) is 18.6 Å². The summed E-state index contributed by atoms with van der Waals surface area (Å²) in [6.07, 6.45) is 5.34. The molecule has 1 aromatic heterocycles. The van der Waals surface area contributed by atoms with Crippen LogP contribution in [-0.2, 0) is 11.3 Å². The van der Waals surface area contributed by atoms with Gasteiger partial charge in [0.2, 0.25) is 5.78 Å². The van der Waals surface area contributed by atoms with Crippen molar-refractivity contribution in [1.29, 1.82) is 0 Å². The predicted molar refractivity (Wildman–Crippen MR) is 67.4 cm³/mol. The summed E-state index contributed by atoms with van der Waals surface area (Å²) in [6.45, 7) is 4.78. The maximum Gasteiger partial charge on any atom is 0.214 e. The van der Waals surface area contributed by atoms with Gasteiger partial charge in [0, 0.05) is 13.7 Å². The molecule has 18 heavy (non-hydrogen) atoms. The fourth-order valence-electron chi connectivity index (χ4n) is 2.89. The summed E-state index contributed by atoms with van der Waals surface area (Å²) < 4.78 is 7.26. The van der Waals surface area contributed by atoms with Gasteiger partial charge in [-0.3, -0.25) is 4.79 Å². The van der Waals surface area contributed by atoms with Crippen molar-refractivity contribution in [3.05, 3.63) is 11.9 Å². The van der Waals surface area contributed by atoms with Crippen LogP contribution in [0.4, 0.5) is 0 Å². The molecule has 0 saturated heterocycles. The smallest absolute Gasteiger partial charge is 0.214 e. The van der Waals surface area contributed by atoms with Crippen LogP contribution in [0.5, 0.6) is 0 Å². The number of ketones is 1. The van der Waals surface area contributed by atoms with Gasteiger partial charge < -0.3 is 4.74 Å². The van der Waals surface area contributed by atoms with Gasteiger partial charge in [0.15, 0.2) is 0 Å². The van der Waals surface area contributed by atoms with Crippen LogP contribution in [0.2, 0.25) is 0 Å². The van der Waals surface area contributed by atoms with E-state index in [0.29, 0.717) is 18.2 Å². The first kappa shape index (κ1) is 13.2. The Hall–Kier alpha value is -1.23. The lowest BCUT2D eigenvalue weighted by Crippen LogP contribution is -2.45. The average Bonchev–Trinajstić information content (AvgIpc) is 2.85. The maximum absolute atomic E-state index is 12.7. The summed E-state index contributed by atoms with van der Waals surface area (Å²) in [5.41, 5.74) is -0.111. The quantitative estimate of drug-likeness (QED) is 0.769. The first-order valence-corrected chi connectivity index (χ1v) is 6.61. The molecule has 0 aliphatic heterocycles. The van der Waals surface area contributed by atoms with Crippen molar-refractivity contribution in [2.45, 2.75) is 51.7 Å². The Balaban J connectivity index is 2.30. The number of aryl methyl sites for hydroxylation is 1. The van der Waals surface area contributed by atoms with Gasteiger partial charge in [0.05, 0.1) is 6.20 Å². The lowest BCUT2D eigenvalue weighted by molar-refractivity contribution is -0.0309. The van der Waals surface area contributed by atoms with Crippen molar-refractivity contribution >= 4 is 5.78 Å². The summed E-state index contributed by atoms with van der Waals surface area (Å²) in [6, 6.07) is 0. The molecule has 100 valence electrons. The predicted octanol–water partition coefficient (Wildman–Crippen LogP) is 2.08. The minimum atomic E-state index is -0.674. The molecule has 0 spiro atoms. The number of methoxy groups -OCH3 is 1. The number of carbonyl (C=O) groups is 1. The molecule has 1 aliphatic carbocycles. The largest absolute Gasteiger partial charge is 0.370 e. The molecule has 5 heteroatoms. The molecular weight excluding hydrogens is 230 g/mol. The molecule has 1 heterocycles. The lowest BCUT2D eigenvalue weighted by Gasteiger charge is -2.37. The molecular formula is C13H21N3O2. The van der Waals surface area contributed by atoms with Crippen LogP contribution in [0.3, 0.4) is 0 Å². The fraction of sp³-hybridized carbons (Fsp3) is 0.769. The normalized spacial score (nSPS) is 28.3. The maximum atomic E-state index is 12.7. The number of rotatable bonds is 4. The number of ether oxygens (including phenoxy) is 1. The summed E-state index contributed by atoms with van der Waals surface area (Å²) in [4.78, 5) is 12.7. The summed E-state index contributed by atoms with van der Waals surface area (Å²) in [5.74, 6) is 0.553. The molecule has 1 saturated carbocycles. The Morgan fingerprint density at radius 3 is 3.06 bits per heavy atom. The Bertz CT molecular complexity index is 430. The van der Waals surface area contributed by atoms with Crippen LogP contribution in [0, 0.1) is 5.92 Å². The zero-order valence-corrected chi connectivity index (χ0v) is 11.3. The number of aromatic nitrogens is 3. The minimum absolute atomic E-state index is 0.0309. The van der Waals surface area contributed by atoms with Crippen molar-refractivity contribution < 1.29 is 9.53 Å². The molecule has 2 rings (SSSR count). The van der Waals surface area contributed by atoms with E-state index >= 15 is 0 Å². The molecule has 0 bridgehead atoms. The first-order valence-electron chi connectivity index (χ1n) is 6.61. The Labute approximate surface area is 108 Å². The summed E-state index contributed by atoms with van der Waals surface area (Å²) in [7, 11) is 1.63. The standard InChI is InChI=1S/C13H21N3O2/c1-4-16-11(9-14-15-16)12(17)13(18-3)7-5-6-10(2)8-13/h9-10H,4-8H2,1-3H3. The highest BCUT2D eigenvalue weighted by Crippen LogP contribution is 2.37. The molecule has 0 radical (unpaired) electrons. The SMILES string of the molecule is CCn1nncc1C(=O)C1(OC)CCCC(C)C1. The van der Waals surface area contributed by atoms with Crippen molar-refractivity contribution in [2.75, 3.05) is 7.11 Å². The molecule has 1 aliphatic rings. The minimum Gasteiger partial charge on any atom is -0.370 e. The Morgan fingerprint density at radius 1 is 1.67 bits per heavy atom. The Morgan fingerprint density at radius 2 is 2.44 bits per heavy atom. The van der Waals surface area contributed by atoms with E-state index in [2.05, 4.69) is 17.2 Å². The third kappa shape index (κ3) is 2.19. The van der Waals surface area contributed by atoms with Crippen molar-refractivity contribution in [1.82, 2.24) is 15.0 Å². The second kappa shape index (κ2) is 5.18. The highest BCUT2D eigenvalue weighted by molar-refractivity contribution is 6.01. The second-order valence-electron chi connectivity index (χ2n) is 5.16. The molecule has 5 nitrogen and oxygen atoms in total. The van der Waals surface area contributed by atoms with Crippen LogP contribution in [-0.4, -0.2) is 33.5 Å². The van der Waals surface area contributed by atoms with E-state index in [1.54, 1.807) is 18.0 Å². The highest BCUT2D eigenvalue weighted by Gasteiger charge is 2.43. The van der Waals surface area contributed by atoms with E-state index in [0.717, 1.165) is 19.3 Å². The van der Waals surface area contributed by atoms with Gasteiger partial charge in [-0.15, -0.1) is 5.10 Å². The highest BCUT2D eigenvalue weighted by atomic mass is 16.5. The zero-order chi connectivity index (χ0) is 13.2. The van der Waals surface area contributed by atoms with E-state index in [1.807, 2.05) is 6.92 Å².